The van der Waals surface area contributed by atoms with Crippen LogP contribution in [0.25, 0.3) is 0 Å². The molecule has 0 unspecified atom stereocenters. The topological polar surface area (TPSA) is 41.6 Å². The molecule has 0 spiro atoms. The highest BCUT2D eigenvalue weighted by molar-refractivity contribution is 5.96. The Balaban J connectivity index is 2.11. The van der Waals surface area contributed by atoms with E-state index >= 15 is 0 Å². The Kier molecular flexibility index (Phi) is 5.71. The number of ether oxygens (including phenoxy) is 1. The van der Waals surface area contributed by atoms with Gasteiger partial charge in [0.05, 0.1) is 18.7 Å². The highest BCUT2D eigenvalue weighted by Gasteiger charge is 2.17. The van der Waals surface area contributed by atoms with Gasteiger partial charge in [-0.25, -0.2) is 4.39 Å². The van der Waals surface area contributed by atoms with Crippen LogP contribution in [-0.2, 0) is 0 Å². The lowest BCUT2D eigenvalue weighted by Gasteiger charge is -2.25. The molecule has 2 aromatic rings. The molecule has 0 aromatic heterocycles. The van der Waals surface area contributed by atoms with Crippen LogP contribution in [-0.4, -0.2) is 38.6 Å². The van der Waals surface area contributed by atoms with E-state index in [-0.39, 0.29) is 17.8 Å². The van der Waals surface area contributed by atoms with Gasteiger partial charge < -0.3 is 15.0 Å². The zero-order valence-electron chi connectivity index (χ0n) is 13.5. The first-order chi connectivity index (χ1) is 11.0. The summed E-state index contributed by atoms with van der Waals surface area (Å²) < 4.78 is 18.6. The molecule has 5 heteroatoms. The van der Waals surface area contributed by atoms with Crippen molar-refractivity contribution >= 4 is 5.91 Å². The van der Waals surface area contributed by atoms with Gasteiger partial charge in [-0.05, 0) is 43.9 Å². The van der Waals surface area contributed by atoms with Crippen molar-refractivity contribution in [3.63, 3.8) is 0 Å². The van der Waals surface area contributed by atoms with Gasteiger partial charge in [0.2, 0.25) is 0 Å². The minimum Gasteiger partial charge on any atom is -0.496 e. The van der Waals surface area contributed by atoms with Crippen LogP contribution in [0.4, 0.5) is 4.39 Å². The SMILES string of the molecule is COc1ccccc1C(=O)NC[C@H](c1cccc(F)c1)N(C)C. The van der Waals surface area contributed by atoms with Crippen molar-refractivity contribution in [3.8, 4) is 5.75 Å². The standard InChI is InChI=1S/C18H21FN2O2/c1-21(2)16(13-7-6-8-14(19)11-13)12-20-18(22)15-9-4-5-10-17(15)23-3/h4-11,16H,12H2,1-3H3,(H,20,22)/t16-/m1/s1. The third-order valence-electron chi connectivity index (χ3n) is 3.66. The number of halogens is 1. The number of hydrogen-bond acceptors (Lipinski definition) is 3. The fraction of sp³-hybridized carbons (Fsp3) is 0.278. The molecular formula is C18H21FN2O2. The Morgan fingerprint density at radius 1 is 1.22 bits per heavy atom. The zero-order valence-corrected chi connectivity index (χ0v) is 13.5. The molecule has 0 saturated carbocycles. The van der Waals surface area contributed by atoms with Crippen LogP contribution in [0.15, 0.2) is 48.5 Å². The summed E-state index contributed by atoms with van der Waals surface area (Å²) in [6.07, 6.45) is 0. The summed E-state index contributed by atoms with van der Waals surface area (Å²) in [6.45, 7) is 0.368. The van der Waals surface area contributed by atoms with E-state index in [4.69, 9.17) is 4.74 Å². The van der Waals surface area contributed by atoms with Crippen molar-refractivity contribution in [2.24, 2.45) is 0 Å². The minimum atomic E-state index is -0.287. The van der Waals surface area contributed by atoms with Crippen molar-refractivity contribution in [1.29, 1.82) is 0 Å². The van der Waals surface area contributed by atoms with E-state index in [2.05, 4.69) is 5.32 Å². The summed E-state index contributed by atoms with van der Waals surface area (Å²) in [4.78, 5) is 14.3. The second-order valence-electron chi connectivity index (χ2n) is 5.44. The number of benzene rings is 2. The molecule has 1 atom stereocenters. The molecule has 0 aliphatic heterocycles. The lowest BCUT2D eigenvalue weighted by atomic mass is 10.1. The smallest absolute Gasteiger partial charge is 0.255 e. The van der Waals surface area contributed by atoms with Crippen LogP contribution in [0.1, 0.15) is 22.0 Å². The van der Waals surface area contributed by atoms with Gasteiger partial charge in [-0.2, -0.15) is 0 Å². The molecule has 23 heavy (non-hydrogen) atoms. The number of hydrogen-bond donors (Lipinski definition) is 1. The van der Waals surface area contributed by atoms with Gasteiger partial charge in [0.1, 0.15) is 11.6 Å². The Morgan fingerprint density at radius 3 is 2.61 bits per heavy atom. The first-order valence-electron chi connectivity index (χ1n) is 7.36. The molecule has 0 aliphatic rings. The van der Waals surface area contributed by atoms with Crippen LogP contribution >= 0.6 is 0 Å². The largest absolute Gasteiger partial charge is 0.496 e. The Hall–Kier alpha value is -2.40. The maximum atomic E-state index is 13.4. The molecule has 0 radical (unpaired) electrons. The van der Waals surface area contributed by atoms with Gasteiger partial charge in [-0.15, -0.1) is 0 Å². The number of likely N-dealkylation sites (N-methyl/N-ethyl adjacent to an activating group) is 1. The Bertz CT molecular complexity index is 674. The number of amides is 1. The first-order valence-corrected chi connectivity index (χ1v) is 7.36. The highest BCUT2D eigenvalue weighted by Crippen LogP contribution is 2.20. The van der Waals surface area contributed by atoms with E-state index in [1.807, 2.05) is 31.1 Å². The molecule has 122 valence electrons. The molecular weight excluding hydrogens is 295 g/mol. The summed E-state index contributed by atoms with van der Waals surface area (Å²) >= 11 is 0. The van der Waals surface area contributed by atoms with E-state index < -0.39 is 0 Å². The third kappa shape index (κ3) is 4.29. The molecule has 0 fully saturated rings. The zero-order chi connectivity index (χ0) is 16.8. The molecule has 0 bridgehead atoms. The molecule has 4 nitrogen and oxygen atoms in total. The second kappa shape index (κ2) is 7.74. The van der Waals surface area contributed by atoms with E-state index in [1.54, 1.807) is 24.3 Å². The Labute approximate surface area is 135 Å². The summed E-state index contributed by atoms with van der Waals surface area (Å²) in [5.41, 5.74) is 1.29. The molecule has 2 rings (SSSR count). The number of nitrogens with one attached hydrogen (secondary N) is 1. The number of carbonyl (C=O) groups is 1. The number of methoxy groups -OCH3 is 1. The summed E-state index contributed by atoms with van der Waals surface area (Å²) in [6, 6.07) is 13.3. The molecule has 0 saturated heterocycles. The quantitative estimate of drug-likeness (QED) is 0.891. The van der Waals surface area contributed by atoms with Gasteiger partial charge in [0.25, 0.3) is 5.91 Å². The molecule has 1 amide bonds. The predicted molar refractivity (Wildman–Crippen MR) is 88.2 cm³/mol. The lowest BCUT2D eigenvalue weighted by molar-refractivity contribution is 0.0939. The van der Waals surface area contributed by atoms with Crippen molar-refractivity contribution < 1.29 is 13.9 Å². The average molecular weight is 316 g/mol. The normalized spacial score (nSPS) is 12.0. The molecule has 0 heterocycles. The van der Waals surface area contributed by atoms with E-state index in [0.717, 1.165) is 5.56 Å². The number of para-hydroxylation sites is 1. The second-order valence-corrected chi connectivity index (χ2v) is 5.44. The van der Waals surface area contributed by atoms with Crippen molar-refractivity contribution in [2.45, 2.75) is 6.04 Å². The molecule has 2 aromatic carbocycles. The molecule has 1 N–H and O–H groups in total. The third-order valence-corrected chi connectivity index (χ3v) is 3.66. The fourth-order valence-electron chi connectivity index (χ4n) is 2.43. The number of nitrogens with zero attached hydrogens (tertiary/aromatic N) is 1. The van der Waals surface area contributed by atoms with Gasteiger partial charge in [0.15, 0.2) is 0 Å². The van der Waals surface area contributed by atoms with Crippen molar-refractivity contribution in [3.05, 3.63) is 65.5 Å². The minimum absolute atomic E-state index is 0.121. The number of rotatable bonds is 6. The van der Waals surface area contributed by atoms with E-state index in [0.29, 0.717) is 17.9 Å². The van der Waals surface area contributed by atoms with Crippen LogP contribution < -0.4 is 10.1 Å². The van der Waals surface area contributed by atoms with Crippen LogP contribution in [0.5, 0.6) is 5.75 Å². The monoisotopic (exact) mass is 316 g/mol. The van der Waals surface area contributed by atoms with E-state index in [1.165, 1.54) is 19.2 Å². The van der Waals surface area contributed by atoms with Crippen LogP contribution in [0.2, 0.25) is 0 Å². The average Bonchev–Trinajstić information content (AvgIpc) is 2.54. The first kappa shape index (κ1) is 17.0. The van der Waals surface area contributed by atoms with E-state index in [9.17, 15) is 9.18 Å². The van der Waals surface area contributed by atoms with Crippen molar-refractivity contribution in [2.75, 3.05) is 27.7 Å². The van der Waals surface area contributed by atoms with Gasteiger partial charge in [0, 0.05) is 6.54 Å². The highest BCUT2D eigenvalue weighted by atomic mass is 19.1. The summed E-state index contributed by atoms with van der Waals surface area (Å²) in [7, 11) is 5.32. The molecule has 0 aliphatic carbocycles. The van der Waals surface area contributed by atoms with Crippen molar-refractivity contribution in [1.82, 2.24) is 10.2 Å². The van der Waals surface area contributed by atoms with Crippen LogP contribution in [0, 0.1) is 5.82 Å². The van der Waals surface area contributed by atoms with Crippen LogP contribution in [0.3, 0.4) is 0 Å². The van der Waals surface area contributed by atoms with Gasteiger partial charge in [-0.3, -0.25) is 4.79 Å². The fourth-order valence-corrected chi connectivity index (χ4v) is 2.43. The van der Waals surface area contributed by atoms with Gasteiger partial charge in [-0.1, -0.05) is 24.3 Å². The number of carbonyl (C=O) groups excluding carboxylic acids is 1. The predicted octanol–water partition coefficient (Wildman–Crippen LogP) is 2.87. The maximum absolute atomic E-state index is 13.4. The maximum Gasteiger partial charge on any atom is 0.255 e. The summed E-state index contributed by atoms with van der Waals surface area (Å²) in [5.74, 6) is 0.0215. The lowest BCUT2D eigenvalue weighted by Crippen LogP contribution is -2.34. The summed E-state index contributed by atoms with van der Waals surface area (Å²) in [5, 5.41) is 2.89. The Morgan fingerprint density at radius 2 is 1.96 bits per heavy atom. The van der Waals surface area contributed by atoms with Gasteiger partial charge >= 0.3 is 0 Å².